The van der Waals surface area contributed by atoms with Crippen molar-refractivity contribution in [2.45, 2.75) is 18.8 Å². The van der Waals surface area contributed by atoms with Crippen LogP contribution in [0.1, 0.15) is 24.3 Å². The molecule has 23 heavy (non-hydrogen) atoms. The van der Waals surface area contributed by atoms with Gasteiger partial charge < -0.3 is 4.90 Å². The lowest BCUT2D eigenvalue weighted by molar-refractivity contribution is 0.505. The Balaban J connectivity index is 1.51. The molecule has 0 spiro atoms. The van der Waals surface area contributed by atoms with Crippen LogP contribution in [-0.4, -0.2) is 18.1 Å². The Kier molecular flexibility index (Phi) is 3.92. The lowest BCUT2D eigenvalue weighted by Gasteiger charge is -2.34. The Morgan fingerprint density at radius 3 is 2.48 bits per heavy atom. The number of halogens is 1. The van der Waals surface area contributed by atoms with Gasteiger partial charge in [0.15, 0.2) is 0 Å². The first-order chi connectivity index (χ1) is 11.3. The predicted molar refractivity (Wildman–Crippen MR) is 97.4 cm³/mol. The molecule has 116 valence electrons. The molecule has 1 aromatic heterocycles. The number of aromatic nitrogens is 1. The third kappa shape index (κ3) is 3.04. The molecule has 0 atom stereocenters. The van der Waals surface area contributed by atoms with Crippen molar-refractivity contribution in [3.8, 4) is 0 Å². The minimum Gasteiger partial charge on any atom is -0.371 e. The first kappa shape index (κ1) is 14.5. The number of piperidine rings is 1. The largest absolute Gasteiger partial charge is 0.371 e. The fourth-order valence-electron chi connectivity index (χ4n) is 3.48. The van der Waals surface area contributed by atoms with Gasteiger partial charge in [0.1, 0.15) is 5.15 Å². The standard InChI is InChI=1S/C20H19ClN2/c21-20-9-6-17-14-18(7-8-19(17)22-20)23-12-10-16(11-13-23)15-4-2-1-3-5-15/h1-9,14,16H,10-13H2. The van der Waals surface area contributed by atoms with Crippen molar-refractivity contribution in [3.63, 3.8) is 0 Å². The van der Waals surface area contributed by atoms with E-state index in [9.17, 15) is 0 Å². The van der Waals surface area contributed by atoms with Gasteiger partial charge in [-0.25, -0.2) is 4.98 Å². The fourth-order valence-corrected chi connectivity index (χ4v) is 3.64. The van der Waals surface area contributed by atoms with E-state index < -0.39 is 0 Å². The minimum atomic E-state index is 0.550. The topological polar surface area (TPSA) is 16.1 Å². The number of hydrogen-bond acceptors (Lipinski definition) is 2. The van der Waals surface area contributed by atoms with E-state index in [2.05, 4.69) is 58.4 Å². The molecule has 4 rings (SSSR count). The van der Waals surface area contributed by atoms with Crippen molar-refractivity contribution in [1.29, 1.82) is 0 Å². The van der Waals surface area contributed by atoms with Crippen molar-refractivity contribution < 1.29 is 0 Å². The molecular weight excluding hydrogens is 304 g/mol. The van der Waals surface area contributed by atoms with E-state index in [0.717, 1.165) is 24.0 Å². The van der Waals surface area contributed by atoms with Gasteiger partial charge in [-0.2, -0.15) is 0 Å². The molecule has 0 aliphatic carbocycles. The van der Waals surface area contributed by atoms with Crippen LogP contribution in [0.4, 0.5) is 5.69 Å². The van der Waals surface area contributed by atoms with Gasteiger partial charge in [0.05, 0.1) is 5.52 Å². The fraction of sp³-hybridized carbons (Fsp3) is 0.250. The highest BCUT2D eigenvalue weighted by Gasteiger charge is 2.20. The van der Waals surface area contributed by atoms with E-state index in [-0.39, 0.29) is 0 Å². The number of pyridine rings is 1. The summed E-state index contributed by atoms with van der Waals surface area (Å²) < 4.78 is 0. The second-order valence-electron chi connectivity index (χ2n) is 6.18. The van der Waals surface area contributed by atoms with Crippen LogP contribution in [0.2, 0.25) is 5.15 Å². The van der Waals surface area contributed by atoms with Gasteiger partial charge in [-0.1, -0.05) is 41.9 Å². The van der Waals surface area contributed by atoms with E-state index >= 15 is 0 Å². The van der Waals surface area contributed by atoms with Gasteiger partial charge in [-0.3, -0.25) is 0 Å². The maximum Gasteiger partial charge on any atom is 0.129 e. The molecule has 2 heterocycles. The van der Waals surface area contributed by atoms with Crippen LogP contribution in [-0.2, 0) is 0 Å². The van der Waals surface area contributed by atoms with E-state index in [4.69, 9.17) is 11.6 Å². The van der Waals surface area contributed by atoms with Gasteiger partial charge in [-0.05, 0) is 54.7 Å². The van der Waals surface area contributed by atoms with Crippen LogP contribution in [0, 0.1) is 0 Å². The SMILES string of the molecule is Clc1ccc2cc(N3CCC(c4ccccc4)CC3)ccc2n1. The predicted octanol–water partition coefficient (Wildman–Crippen LogP) is 5.27. The number of rotatable bonds is 2. The van der Waals surface area contributed by atoms with Crippen LogP contribution >= 0.6 is 11.6 Å². The number of anilines is 1. The summed E-state index contributed by atoms with van der Waals surface area (Å²) in [5, 5.41) is 1.70. The molecule has 0 N–H and O–H groups in total. The van der Waals surface area contributed by atoms with Crippen molar-refractivity contribution in [1.82, 2.24) is 4.98 Å². The summed E-state index contributed by atoms with van der Waals surface area (Å²) in [6, 6.07) is 21.2. The molecule has 2 aromatic carbocycles. The Morgan fingerprint density at radius 1 is 0.913 bits per heavy atom. The van der Waals surface area contributed by atoms with Crippen LogP contribution in [0.25, 0.3) is 10.9 Å². The molecule has 1 aliphatic heterocycles. The van der Waals surface area contributed by atoms with E-state index in [1.54, 1.807) is 0 Å². The lowest BCUT2D eigenvalue weighted by Crippen LogP contribution is -2.32. The summed E-state index contributed by atoms with van der Waals surface area (Å²) in [4.78, 5) is 6.84. The van der Waals surface area contributed by atoms with E-state index in [1.807, 2.05) is 12.1 Å². The molecular formula is C20H19ClN2. The first-order valence-electron chi connectivity index (χ1n) is 8.16. The van der Waals surface area contributed by atoms with Gasteiger partial charge >= 0.3 is 0 Å². The average molecular weight is 323 g/mol. The smallest absolute Gasteiger partial charge is 0.129 e. The van der Waals surface area contributed by atoms with Crippen LogP contribution < -0.4 is 4.90 Å². The Bertz CT molecular complexity index is 808. The van der Waals surface area contributed by atoms with Crippen LogP contribution in [0.3, 0.4) is 0 Å². The zero-order chi connectivity index (χ0) is 15.6. The third-order valence-corrected chi connectivity index (χ3v) is 4.98. The zero-order valence-electron chi connectivity index (χ0n) is 13.0. The van der Waals surface area contributed by atoms with Gasteiger partial charge in [0.25, 0.3) is 0 Å². The highest BCUT2D eigenvalue weighted by molar-refractivity contribution is 6.29. The van der Waals surface area contributed by atoms with Crippen molar-refractivity contribution in [2.24, 2.45) is 0 Å². The summed E-state index contributed by atoms with van der Waals surface area (Å²) in [6.07, 6.45) is 2.42. The first-order valence-corrected chi connectivity index (χ1v) is 8.53. The molecule has 3 heteroatoms. The molecule has 2 nitrogen and oxygen atoms in total. The normalized spacial score (nSPS) is 16.0. The quantitative estimate of drug-likeness (QED) is 0.597. The number of benzene rings is 2. The zero-order valence-corrected chi connectivity index (χ0v) is 13.7. The van der Waals surface area contributed by atoms with Crippen LogP contribution in [0.15, 0.2) is 60.7 Å². The van der Waals surface area contributed by atoms with Crippen molar-refractivity contribution in [2.75, 3.05) is 18.0 Å². The highest BCUT2D eigenvalue weighted by Crippen LogP contribution is 2.31. The van der Waals surface area contributed by atoms with Crippen LogP contribution in [0.5, 0.6) is 0 Å². The molecule has 3 aromatic rings. The van der Waals surface area contributed by atoms with Crippen molar-refractivity contribution in [3.05, 3.63) is 71.4 Å². The maximum absolute atomic E-state index is 5.96. The van der Waals surface area contributed by atoms with E-state index in [1.165, 1.54) is 24.1 Å². The molecule has 0 radical (unpaired) electrons. The van der Waals surface area contributed by atoms with Gasteiger partial charge in [0, 0.05) is 24.2 Å². The third-order valence-electron chi connectivity index (χ3n) is 4.77. The average Bonchev–Trinajstić information content (AvgIpc) is 2.62. The molecule has 0 unspecified atom stereocenters. The Morgan fingerprint density at radius 2 is 1.70 bits per heavy atom. The second-order valence-corrected chi connectivity index (χ2v) is 6.57. The monoisotopic (exact) mass is 322 g/mol. The Hall–Kier alpha value is -2.06. The minimum absolute atomic E-state index is 0.550. The van der Waals surface area contributed by atoms with E-state index in [0.29, 0.717) is 11.1 Å². The number of nitrogens with zero attached hydrogens (tertiary/aromatic N) is 2. The van der Waals surface area contributed by atoms with Crippen molar-refractivity contribution >= 4 is 28.2 Å². The summed E-state index contributed by atoms with van der Waals surface area (Å²) in [5.74, 6) is 0.688. The van der Waals surface area contributed by atoms with Gasteiger partial charge in [-0.15, -0.1) is 0 Å². The molecule has 0 saturated carbocycles. The summed E-state index contributed by atoms with van der Waals surface area (Å²) >= 11 is 5.96. The Labute approximate surface area is 141 Å². The molecule has 1 aliphatic rings. The number of fused-ring (bicyclic) bond motifs is 1. The molecule has 1 fully saturated rings. The molecule has 0 bridgehead atoms. The maximum atomic E-state index is 5.96. The molecule has 0 amide bonds. The summed E-state index contributed by atoms with van der Waals surface area (Å²) in [6.45, 7) is 2.21. The lowest BCUT2D eigenvalue weighted by atomic mass is 9.89. The molecule has 1 saturated heterocycles. The summed E-state index contributed by atoms with van der Waals surface area (Å²) in [5.41, 5.74) is 3.72. The number of hydrogen-bond donors (Lipinski definition) is 0. The van der Waals surface area contributed by atoms with Gasteiger partial charge in [0.2, 0.25) is 0 Å². The summed E-state index contributed by atoms with van der Waals surface area (Å²) in [7, 11) is 0. The second kappa shape index (κ2) is 6.21. The highest BCUT2D eigenvalue weighted by atomic mass is 35.5.